The zero-order valence-corrected chi connectivity index (χ0v) is 8.38. The first-order chi connectivity index (χ1) is 6.27. The second kappa shape index (κ2) is 5.19. The van der Waals surface area contributed by atoms with E-state index in [9.17, 15) is 4.79 Å². The third kappa shape index (κ3) is 2.97. The van der Waals surface area contributed by atoms with Crippen molar-refractivity contribution in [2.24, 2.45) is 0 Å². The van der Waals surface area contributed by atoms with Gasteiger partial charge in [-0.3, -0.25) is 4.79 Å². The fourth-order valence-electron chi connectivity index (χ4n) is 1.63. The molecule has 1 fully saturated rings. The summed E-state index contributed by atoms with van der Waals surface area (Å²) in [6.45, 7) is 1.92. The van der Waals surface area contributed by atoms with Crippen molar-refractivity contribution in [1.29, 1.82) is 0 Å². The quantitative estimate of drug-likeness (QED) is 0.666. The lowest BCUT2D eigenvalue weighted by molar-refractivity contribution is -0.136. The Morgan fingerprint density at radius 2 is 2.15 bits per heavy atom. The van der Waals surface area contributed by atoms with Crippen LogP contribution in [0.2, 0.25) is 0 Å². The molecule has 1 heterocycles. The van der Waals surface area contributed by atoms with Crippen LogP contribution in [0, 0.1) is 0 Å². The smallest absolute Gasteiger partial charge is 0.248 e. The first-order valence-corrected chi connectivity index (χ1v) is 4.72. The third-order valence-electron chi connectivity index (χ3n) is 2.52. The molecule has 1 aliphatic heterocycles. The van der Waals surface area contributed by atoms with Gasteiger partial charge in [0.1, 0.15) is 6.61 Å². The summed E-state index contributed by atoms with van der Waals surface area (Å²) in [4.78, 5) is 13.2. The maximum absolute atomic E-state index is 11.4. The number of nitrogens with one attached hydrogen (secondary N) is 1. The number of hydrogen-bond donors (Lipinski definition) is 1. The van der Waals surface area contributed by atoms with Crippen LogP contribution in [0.3, 0.4) is 0 Å². The molecule has 1 aliphatic rings. The Kier molecular flexibility index (Phi) is 4.18. The number of hydrogen-bond acceptors (Lipinski definition) is 3. The number of piperidine rings is 1. The normalized spacial score (nSPS) is 19.1. The number of amides is 1. The summed E-state index contributed by atoms with van der Waals surface area (Å²) < 4.78 is 4.80. The van der Waals surface area contributed by atoms with Crippen molar-refractivity contribution in [3.63, 3.8) is 0 Å². The van der Waals surface area contributed by atoms with Crippen LogP contribution in [0.1, 0.15) is 12.8 Å². The van der Waals surface area contributed by atoms with Gasteiger partial charge >= 0.3 is 0 Å². The summed E-state index contributed by atoms with van der Waals surface area (Å²) >= 11 is 0. The van der Waals surface area contributed by atoms with Crippen LogP contribution in [-0.4, -0.2) is 50.7 Å². The van der Waals surface area contributed by atoms with Gasteiger partial charge in [-0.1, -0.05) is 0 Å². The Labute approximate surface area is 79.2 Å². The molecular weight excluding hydrogens is 168 g/mol. The molecule has 0 atom stereocenters. The van der Waals surface area contributed by atoms with E-state index in [0.717, 1.165) is 25.9 Å². The van der Waals surface area contributed by atoms with Gasteiger partial charge in [-0.15, -0.1) is 0 Å². The van der Waals surface area contributed by atoms with Crippen LogP contribution >= 0.6 is 0 Å². The van der Waals surface area contributed by atoms with Crippen LogP contribution in [0.5, 0.6) is 0 Å². The zero-order valence-electron chi connectivity index (χ0n) is 8.38. The van der Waals surface area contributed by atoms with Gasteiger partial charge in [0.2, 0.25) is 5.91 Å². The van der Waals surface area contributed by atoms with Gasteiger partial charge in [0.25, 0.3) is 0 Å². The number of methoxy groups -OCH3 is 1. The van der Waals surface area contributed by atoms with E-state index in [-0.39, 0.29) is 12.5 Å². The van der Waals surface area contributed by atoms with Gasteiger partial charge in [0.05, 0.1) is 0 Å². The van der Waals surface area contributed by atoms with Crippen molar-refractivity contribution >= 4 is 5.91 Å². The van der Waals surface area contributed by atoms with E-state index in [1.807, 2.05) is 11.9 Å². The van der Waals surface area contributed by atoms with Crippen LogP contribution < -0.4 is 5.32 Å². The molecule has 4 nitrogen and oxygen atoms in total. The number of rotatable bonds is 3. The summed E-state index contributed by atoms with van der Waals surface area (Å²) in [5.74, 6) is 0.108. The molecule has 0 saturated carbocycles. The highest BCUT2D eigenvalue weighted by Gasteiger charge is 2.20. The van der Waals surface area contributed by atoms with Crippen molar-refractivity contribution < 1.29 is 9.53 Å². The Balaban J connectivity index is 2.28. The Hall–Kier alpha value is -0.610. The van der Waals surface area contributed by atoms with E-state index in [1.165, 1.54) is 0 Å². The summed E-state index contributed by atoms with van der Waals surface area (Å²) in [7, 11) is 3.52. The second-order valence-electron chi connectivity index (χ2n) is 3.38. The standard InChI is InChI=1S/C9H18N2O2/c1-10-8-3-5-11(6-4-8)9(12)7-13-2/h8,10H,3-7H2,1-2H3. The maximum atomic E-state index is 11.4. The number of ether oxygens (including phenoxy) is 1. The largest absolute Gasteiger partial charge is 0.375 e. The average Bonchev–Trinajstić information content (AvgIpc) is 2.18. The minimum atomic E-state index is 0.108. The van der Waals surface area contributed by atoms with Crippen molar-refractivity contribution in [2.45, 2.75) is 18.9 Å². The van der Waals surface area contributed by atoms with E-state index in [0.29, 0.717) is 6.04 Å². The molecule has 13 heavy (non-hydrogen) atoms. The van der Waals surface area contributed by atoms with Crippen molar-refractivity contribution in [1.82, 2.24) is 10.2 Å². The lowest BCUT2D eigenvalue weighted by atomic mass is 10.1. The highest BCUT2D eigenvalue weighted by molar-refractivity contribution is 5.77. The van der Waals surface area contributed by atoms with Crippen LogP contribution in [0.25, 0.3) is 0 Å². The summed E-state index contributed by atoms with van der Waals surface area (Å²) in [6, 6.07) is 0.576. The lowest BCUT2D eigenvalue weighted by Gasteiger charge is -2.31. The monoisotopic (exact) mass is 186 g/mol. The van der Waals surface area contributed by atoms with E-state index >= 15 is 0 Å². The second-order valence-corrected chi connectivity index (χ2v) is 3.38. The number of nitrogens with zero attached hydrogens (tertiary/aromatic N) is 1. The molecule has 0 unspecified atom stereocenters. The van der Waals surface area contributed by atoms with Gasteiger partial charge in [-0.05, 0) is 19.9 Å². The molecule has 0 spiro atoms. The highest BCUT2D eigenvalue weighted by Crippen LogP contribution is 2.09. The van der Waals surface area contributed by atoms with E-state index in [4.69, 9.17) is 4.74 Å². The predicted octanol–water partition coefficient (Wildman–Crippen LogP) is -0.157. The molecular formula is C9H18N2O2. The van der Waals surface area contributed by atoms with Gasteiger partial charge < -0.3 is 15.0 Å². The van der Waals surface area contributed by atoms with Gasteiger partial charge in [-0.25, -0.2) is 0 Å². The van der Waals surface area contributed by atoms with Crippen LogP contribution in [0.4, 0.5) is 0 Å². The summed E-state index contributed by atoms with van der Waals surface area (Å²) in [5, 5.41) is 3.23. The average molecular weight is 186 g/mol. The Morgan fingerprint density at radius 1 is 1.54 bits per heavy atom. The number of carbonyl (C=O) groups is 1. The first-order valence-electron chi connectivity index (χ1n) is 4.72. The third-order valence-corrected chi connectivity index (χ3v) is 2.52. The molecule has 1 N–H and O–H groups in total. The van der Waals surface area contributed by atoms with Crippen molar-refractivity contribution in [3.05, 3.63) is 0 Å². The molecule has 0 aromatic heterocycles. The molecule has 0 aliphatic carbocycles. The van der Waals surface area contributed by atoms with Crippen LogP contribution in [-0.2, 0) is 9.53 Å². The summed E-state index contributed by atoms with van der Waals surface area (Å²) in [5.41, 5.74) is 0. The van der Waals surface area contributed by atoms with E-state index in [1.54, 1.807) is 7.11 Å². The molecule has 0 bridgehead atoms. The van der Waals surface area contributed by atoms with Gasteiger partial charge in [0.15, 0.2) is 0 Å². The van der Waals surface area contributed by atoms with Gasteiger partial charge in [-0.2, -0.15) is 0 Å². The van der Waals surface area contributed by atoms with Gasteiger partial charge in [0, 0.05) is 26.2 Å². The van der Waals surface area contributed by atoms with Crippen LogP contribution in [0.15, 0.2) is 0 Å². The molecule has 0 aromatic rings. The fourth-order valence-corrected chi connectivity index (χ4v) is 1.63. The lowest BCUT2D eigenvalue weighted by Crippen LogP contribution is -2.45. The molecule has 1 rings (SSSR count). The highest BCUT2D eigenvalue weighted by atomic mass is 16.5. The molecule has 4 heteroatoms. The molecule has 0 radical (unpaired) electrons. The van der Waals surface area contributed by atoms with Crippen molar-refractivity contribution in [3.8, 4) is 0 Å². The SMILES string of the molecule is CNC1CCN(C(=O)COC)CC1. The molecule has 76 valence electrons. The predicted molar refractivity (Wildman–Crippen MR) is 50.5 cm³/mol. The molecule has 0 aromatic carbocycles. The number of likely N-dealkylation sites (tertiary alicyclic amines) is 1. The number of carbonyl (C=O) groups excluding carboxylic acids is 1. The minimum absolute atomic E-state index is 0.108. The van der Waals surface area contributed by atoms with Crippen molar-refractivity contribution in [2.75, 3.05) is 33.9 Å². The summed E-state index contributed by atoms with van der Waals surface area (Å²) in [6.07, 6.45) is 2.10. The minimum Gasteiger partial charge on any atom is -0.375 e. The molecule has 1 amide bonds. The Morgan fingerprint density at radius 3 is 2.62 bits per heavy atom. The fraction of sp³-hybridized carbons (Fsp3) is 0.889. The topological polar surface area (TPSA) is 41.6 Å². The van der Waals surface area contributed by atoms with E-state index < -0.39 is 0 Å². The zero-order chi connectivity index (χ0) is 9.68. The molecule has 1 saturated heterocycles. The maximum Gasteiger partial charge on any atom is 0.248 e. The first kappa shape index (κ1) is 10.5. The van der Waals surface area contributed by atoms with E-state index in [2.05, 4.69) is 5.32 Å². The Bertz CT molecular complexity index is 165.